The van der Waals surface area contributed by atoms with Crippen LogP contribution in [0.15, 0.2) is 70.8 Å². The molecule has 44 heavy (non-hydrogen) atoms. The summed E-state index contributed by atoms with van der Waals surface area (Å²) < 4.78 is 39.3. The van der Waals surface area contributed by atoms with Gasteiger partial charge in [-0.1, -0.05) is 31.5 Å². The molecule has 0 atom stereocenters. The first-order valence-electron chi connectivity index (χ1n) is 13.9. The van der Waals surface area contributed by atoms with Crippen molar-refractivity contribution in [3.05, 3.63) is 83.0 Å². The number of hydrogen-bond acceptors (Lipinski definition) is 9. The quantitative estimate of drug-likeness (QED) is 0.0965. The first-order valence-corrected chi connectivity index (χ1v) is 15.3. The number of fused-ring (bicyclic) bond motifs is 1. The molecule has 0 radical (unpaired) electrons. The normalized spacial score (nSPS) is 11.7. The number of amides is 1. The van der Waals surface area contributed by atoms with Crippen molar-refractivity contribution < 1.29 is 27.5 Å². The van der Waals surface area contributed by atoms with E-state index in [1.54, 1.807) is 67.7 Å². The number of rotatable bonds is 9. The summed E-state index contributed by atoms with van der Waals surface area (Å²) in [7, 11) is -3.82. The van der Waals surface area contributed by atoms with Crippen molar-refractivity contribution in [1.82, 2.24) is 9.29 Å². The van der Waals surface area contributed by atoms with Gasteiger partial charge in [-0.2, -0.15) is 10.4 Å². The molecule has 1 heterocycles. The van der Waals surface area contributed by atoms with E-state index in [9.17, 15) is 23.3 Å². The van der Waals surface area contributed by atoms with Crippen molar-refractivity contribution in [2.75, 3.05) is 12.0 Å². The molecule has 4 rings (SSSR count). The summed E-state index contributed by atoms with van der Waals surface area (Å²) in [4.78, 5) is 23.7. The van der Waals surface area contributed by atoms with E-state index in [2.05, 4.69) is 20.6 Å². The number of anilines is 1. The Morgan fingerprint density at radius 2 is 1.68 bits per heavy atom. The lowest BCUT2D eigenvalue weighted by Crippen LogP contribution is -2.29. The average Bonchev–Trinajstić information content (AvgIpc) is 3.36. The lowest BCUT2D eigenvalue weighted by molar-refractivity contribution is -0.129. The molecule has 0 saturated heterocycles. The number of carbonyl (C=O) groups is 2. The van der Waals surface area contributed by atoms with E-state index in [1.165, 1.54) is 3.97 Å². The Morgan fingerprint density at radius 3 is 2.27 bits per heavy atom. The maximum atomic E-state index is 13.6. The lowest BCUT2D eigenvalue weighted by Gasteiger charge is -2.14. The van der Waals surface area contributed by atoms with Crippen molar-refractivity contribution in [2.24, 2.45) is 5.10 Å². The standard InChI is InChI=1S/C32H33N5O6S/c1-7-34-32(39)43-31(38)28(17-33)36-35-23-14-21(5)30(22(6)15-23)42-24-10-13-29-26(16-24)27(19(2)3)18-37(29)44(40,41)25-11-8-20(4)9-12-25/h8-16,18-19,35H,7H2,1-6H3,(H,34,39). The van der Waals surface area contributed by atoms with Crippen molar-refractivity contribution in [2.45, 2.75) is 52.4 Å². The van der Waals surface area contributed by atoms with Crippen molar-refractivity contribution in [3.63, 3.8) is 0 Å². The summed E-state index contributed by atoms with van der Waals surface area (Å²) in [5.74, 6) is -0.0354. The molecule has 11 nitrogen and oxygen atoms in total. The molecular formula is C32H33N5O6S. The molecule has 0 bridgehead atoms. The average molecular weight is 616 g/mol. The van der Waals surface area contributed by atoms with Crippen molar-refractivity contribution >= 4 is 44.4 Å². The molecule has 228 valence electrons. The minimum absolute atomic E-state index is 0.0493. The van der Waals surface area contributed by atoms with Gasteiger partial charge in [0, 0.05) is 18.1 Å². The highest BCUT2D eigenvalue weighted by atomic mass is 32.2. The van der Waals surface area contributed by atoms with Gasteiger partial charge in [-0.25, -0.2) is 22.0 Å². The molecule has 1 amide bonds. The molecule has 0 aliphatic carbocycles. The fourth-order valence-corrected chi connectivity index (χ4v) is 5.97. The fourth-order valence-electron chi connectivity index (χ4n) is 4.59. The number of hydrogen-bond donors (Lipinski definition) is 2. The predicted octanol–water partition coefficient (Wildman–Crippen LogP) is 6.28. The van der Waals surface area contributed by atoms with Crippen molar-refractivity contribution in [1.29, 1.82) is 5.26 Å². The second kappa shape index (κ2) is 13.0. The third-order valence-corrected chi connectivity index (χ3v) is 8.44. The molecule has 0 fully saturated rings. The van der Waals surface area contributed by atoms with E-state index in [-0.39, 0.29) is 17.4 Å². The van der Waals surface area contributed by atoms with Crippen molar-refractivity contribution in [3.8, 4) is 17.6 Å². The number of aryl methyl sites for hydroxylation is 3. The number of nitriles is 1. The topological polar surface area (TPSA) is 152 Å². The minimum atomic E-state index is -3.82. The van der Waals surface area contributed by atoms with Crippen LogP contribution >= 0.6 is 0 Å². The van der Waals surface area contributed by atoms with E-state index in [1.807, 2.05) is 40.7 Å². The van der Waals surface area contributed by atoms with Crippen LogP contribution in [0.3, 0.4) is 0 Å². The first-order chi connectivity index (χ1) is 20.8. The number of alkyl carbamates (subject to hydrolysis) is 1. The Bertz CT molecular complexity index is 1900. The molecule has 4 aromatic rings. The van der Waals surface area contributed by atoms with Gasteiger partial charge in [0.05, 0.1) is 16.1 Å². The van der Waals surface area contributed by atoms with Crippen LogP contribution in [-0.2, 0) is 19.6 Å². The van der Waals surface area contributed by atoms with Gasteiger partial charge < -0.3 is 14.8 Å². The number of carbonyl (C=O) groups excluding carboxylic acids is 2. The zero-order chi connectivity index (χ0) is 32.2. The van der Waals surface area contributed by atoms with E-state index >= 15 is 0 Å². The van der Waals surface area contributed by atoms with Crippen LogP contribution in [0, 0.1) is 32.1 Å². The van der Waals surface area contributed by atoms with E-state index in [4.69, 9.17) is 4.74 Å². The summed E-state index contributed by atoms with van der Waals surface area (Å²) in [5.41, 5.74) is 6.34. The third-order valence-electron chi connectivity index (χ3n) is 6.76. The maximum Gasteiger partial charge on any atom is 0.415 e. The van der Waals surface area contributed by atoms with Gasteiger partial charge in [0.25, 0.3) is 10.0 Å². The second-order valence-corrected chi connectivity index (χ2v) is 12.3. The van der Waals surface area contributed by atoms with Gasteiger partial charge in [0.1, 0.15) is 17.6 Å². The Kier molecular flexibility index (Phi) is 9.40. The number of nitrogens with one attached hydrogen (secondary N) is 2. The minimum Gasteiger partial charge on any atom is -0.457 e. The Balaban J connectivity index is 1.62. The predicted molar refractivity (Wildman–Crippen MR) is 168 cm³/mol. The lowest BCUT2D eigenvalue weighted by atomic mass is 10.0. The number of aromatic nitrogens is 1. The molecule has 0 saturated carbocycles. The number of nitrogens with zero attached hydrogens (tertiary/aromatic N) is 3. The van der Waals surface area contributed by atoms with Gasteiger partial charge in [-0.15, -0.1) is 0 Å². The first kappa shape index (κ1) is 31.8. The summed E-state index contributed by atoms with van der Waals surface area (Å²) in [6.45, 7) is 11.5. The molecule has 2 N–H and O–H groups in total. The summed E-state index contributed by atoms with van der Waals surface area (Å²) >= 11 is 0. The molecular weight excluding hydrogens is 582 g/mol. The monoisotopic (exact) mass is 615 g/mol. The highest BCUT2D eigenvalue weighted by molar-refractivity contribution is 7.90. The third kappa shape index (κ3) is 6.74. The zero-order valence-corrected chi connectivity index (χ0v) is 26.1. The van der Waals surface area contributed by atoms with Gasteiger partial charge in [0.15, 0.2) is 0 Å². The van der Waals surface area contributed by atoms with Crippen LogP contribution < -0.4 is 15.5 Å². The largest absolute Gasteiger partial charge is 0.457 e. The van der Waals surface area contributed by atoms with Gasteiger partial charge in [-0.3, -0.25) is 5.43 Å². The molecule has 0 unspecified atom stereocenters. The number of hydrazone groups is 1. The van der Waals surface area contributed by atoms with Gasteiger partial charge >= 0.3 is 12.1 Å². The highest BCUT2D eigenvalue weighted by Gasteiger charge is 2.23. The van der Waals surface area contributed by atoms with E-state index < -0.39 is 27.8 Å². The van der Waals surface area contributed by atoms with E-state index in [0.717, 1.165) is 27.6 Å². The Hall–Kier alpha value is -5.15. The summed E-state index contributed by atoms with van der Waals surface area (Å²) in [5, 5.41) is 16.1. The molecule has 0 spiro atoms. The van der Waals surface area contributed by atoms with Crippen LogP contribution in [0.4, 0.5) is 10.5 Å². The van der Waals surface area contributed by atoms with Gasteiger partial charge in [0.2, 0.25) is 5.71 Å². The zero-order valence-electron chi connectivity index (χ0n) is 25.3. The van der Waals surface area contributed by atoms with Crippen LogP contribution in [0.1, 0.15) is 48.9 Å². The molecule has 3 aromatic carbocycles. The summed E-state index contributed by atoms with van der Waals surface area (Å²) in [6.07, 6.45) is 0.699. The Labute approximate surface area is 256 Å². The van der Waals surface area contributed by atoms with Crippen LogP contribution in [0.2, 0.25) is 0 Å². The smallest absolute Gasteiger partial charge is 0.415 e. The molecule has 0 aliphatic heterocycles. The molecule has 0 aliphatic rings. The molecule has 12 heteroatoms. The molecule has 1 aromatic heterocycles. The maximum absolute atomic E-state index is 13.6. The highest BCUT2D eigenvalue weighted by Crippen LogP contribution is 2.36. The van der Waals surface area contributed by atoms with Crippen LogP contribution in [0.5, 0.6) is 11.5 Å². The van der Waals surface area contributed by atoms with Crippen LogP contribution in [-0.4, -0.2) is 36.7 Å². The number of benzene rings is 3. The number of esters is 1. The van der Waals surface area contributed by atoms with E-state index in [0.29, 0.717) is 22.7 Å². The summed E-state index contributed by atoms with van der Waals surface area (Å²) in [6, 6.07) is 17.1. The second-order valence-electron chi connectivity index (χ2n) is 10.5. The number of ether oxygens (including phenoxy) is 2. The fraction of sp³-hybridized carbons (Fsp3) is 0.250. The van der Waals surface area contributed by atoms with Crippen LogP contribution in [0.25, 0.3) is 10.9 Å². The Morgan fingerprint density at radius 1 is 1.02 bits per heavy atom. The van der Waals surface area contributed by atoms with Gasteiger partial charge in [-0.05, 0) is 92.8 Å². The SMILES string of the molecule is CCNC(=O)OC(=O)C(C#N)=NNc1cc(C)c(Oc2ccc3c(c2)c(C(C)C)cn3S(=O)(=O)c2ccc(C)cc2)c(C)c1.